The third kappa shape index (κ3) is 5.37. The summed E-state index contributed by atoms with van der Waals surface area (Å²) >= 11 is 0. The van der Waals surface area contributed by atoms with Gasteiger partial charge in [-0.05, 0) is 36.6 Å². The number of hydrogen-bond acceptors (Lipinski definition) is 3. The molecule has 0 fully saturated rings. The first-order valence-corrected chi connectivity index (χ1v) is 7.73. The van der Waals surface area contributed by atoms with Gasteiger partial charge in [0, 0.05) is 6.42 Å². The van der Waals surface area contributed by atoms with Crippen LogP contribution < -0.4 is 4.72 Å². The van der Waals surface area contributed by atoms with Crippen molar-refractivity contribution in [2.24, 2.45) is 5.92 Å². The fourth-order valence-corrected chi connectivity index (χ4v) is 2.52. The average molecular weight is 323 g/mol. The molecule has 0 heterocycles. The predicted molar refractivity (Wildman–Crippen MR) is 70.8 cm³/mol. The molecule has 0 aliphatic carbocycles. The number of benzene rings is 1. The number of halogens is 3. The first-order valence-electron chi connectivity index (χ1n) is 6.25. The lowest BCUT2D eigenvalue weighted by atomic mass is 10.1. The number of hydrogen-bond donors (Lipinski definition) is 1. The van der Waals surface area contributed by atoms with Crippen LogP contribution >= 0.6 is 0 Å². The van der Waals surface area contributed by atoms with Crippen LogP contribution in [0, 0.1) is 5.92 Å². The fraction of sp³-hybridized carbons (Fsp3) is 0.462. The highest BCUT2D eigenvalue weighted by molar-refractivity contribution is 7.90. The fourth-order valence-electron chi connectivity index (χ4n) is 1.50. The van der Waals surface area contributed by atoms with Crippen LogP contribution in [0.25, 0.3) is 0 Å². The van der Waals surface area contributed by atoms with E-state index in [0.29, 0.717) is 18.6 Å². The Bertz CT molecular complexity index is 592. The Kier molecular flexibility index (Phi) is 5.38. The third-order valence-corrected chi connectivity index (χ3v) is 4.08. The van der Waals surface area contributed by atoms with E-state index in [1.54, 1.807) is 0 Å². The van der Waals surface area contributed by atoms with Crippen LogP contribution in [0.5, 0.6) is 0 Å². The molecule has 0 bridgehead atoms. The molecule has 1 aromatic rings. The maximum Gasteiger partial charge on any atom is 0.416 e. The lowest BCUT2D eigenvalue weighted by Crippen LogP contribution is -2.30. The summed E-state index contributed by atoms with van der Waals surface area (Å²) in [6, 6.07) is 2.96. The number of sulfonamides is 1. The van der Waals surface area contributed by atoms with E-state index in [1.165, 1.54) is 0 Å². The van der Waals surface area contributed by atoms with Gasteiger partial charge in [0.15, 0.2) is 0 Å². The second kappa shape index (κ2) is 6.46. The van der Waals surface area contributed by atoms with Gasteiger partial charge < -0.3 is 0 Å². The van der Waals surface area contributed by atoms with Gasteiger partial charge in [0.25, 0.3) is 10.0 Å². The Morgan fingerprint density at radius 1 is 1.19 bits per heavy atom. The molecule has 1 N–H and O–H groups in total. The lowest BCUT2D eigenvalue weighted by Gasteiger charge is -2.10. The largest absolute Gasteiger partial charge is 0.416 e. The average Bonchev–Trinajstić information content (AvgIpc) is 2.35. The van der Waals surface area contributed by atoms with Gasteiger partial charge in [-0.15, -0.1) is 0 Å². The molecular weight excluding hydrogens is 307 g/mol. The van der Waals surface area contributed by atoms with E-state index < -0.39 is 27.7 Å². The van der Waals surface area contributed by atoms with E-state index in [-0.39, 0.29) is 17.2 Å². The van der Waals surface area contributed by atoms with Gasteiger partial charge in [-0.25, -0.2) is 13.1 Å². The van der Waals surface area contributed by atoms with Crippen LogP contribution in [0.2, 0.25) is 0 Å². The summed E-state index contributed by atoms with van der Waals surface area (Å²) in [6.45, 7) is 3.77. The minimum Gasteiger partial charge on any atom is -0.274 e. The Morgan fingerprint density at radius 3 is 2.14 bits per heavy atom. The molecule has 0 aromatic heterocycles. The number of carbonyl (C=O) groups excluding carboxylic acids is 1. The summed E-state index contributed by atoms with van der Waals surface area (Å²) in [5, 5.41) is 0. The van der Waals surface area contributed by atoms with Crippen molar-refractivity contribution < 1.29 is 26.4 Å². The van der Waals surface area contributed by atoms with Crippen molar-refractivity contribution in [3.05, 3.63) is 29.8 Å². The first-order chi connectivity index (χ1) is 9.52. The molecule has 1 amide bonds. The summed E-state index contributed by atoms with van der Waals surface area (Å²) in [5.41, 5.74) is -0.951. The highest BCUT2D eigenvalue weighted by Gasteiger charge is 2.30. The minimum atomic E-state index is -4.54. The Balaban J connectivity index is 2.81. The van der Waals surface area contributed by atoms with Crippen molar-refractivity contribution in [1.82, 2.24) is 4.72 Å². The van der Waals surface area contributed by atoms with Crippen LogP contribution in [-0.4, -0.2) is 14.3 Å². The maximum atomic E-state index is 12.4. The molecule has 0 atom stereocenters. The smallest absolute Gasteiger partial charge is 0.274 e. The molecule has 0 aliphatic heterocycles. The second-order valence-electron chi connectivity index (χ2n) is 4.98. The van der Waals surface area contributed by atoms with Gasteiger partial charge in [0.05, 0.1) is 10.5 Å². The molecule has 0 saturated carbocycles. The van der Waals surface area contributed by atoms with Crippen molar-refractivity contribution >= 4 is 15.9 Å². The number of nitrogens with one attached hydrogen (secondary N) is 1. The van der Waals surface area contributed by atoms with E-state index in [2.05, 4.69) is 0 Å². The van der Waals surface area contributed by atoms with Gasteiger partial charge in [-0.2, -0.15) is 13.2 Å². The quantitative estimate of drug-likeness (QED) is 0.906. The Hall–Kier alpha value is -1.57. The molecule has 0 saturated heterocycles. The van der Waals surface area contributed by atoms with Crippen LogP contribution in [0.15, 0.2) is 29.2 Å². The summed E-state index contributed by atoms with van der Waals surface area (Å²) in [5.74, 6) is -0.437. The Morgan fingerprint density at radius 2 is 1.71 bits per heavy atom. The van der Waals surface area contributed by atoms with Crippen molar-refractivity contribution in [1.29, 1.82) is 0 Å². The monoisotopic (exact) mass is 323 g/mol. The molecule has 8 heteroatoms. The number of carbonyl (C=O) groups is 1. The van der Waals surface area contributed by atoms with Crippen molar-refractivity contribution in [3.8, 4) is 0 Å². The molecule has 0 unspecified atom stereocenters. The summed E-state index contributed by atoms with van der Waals surface area (Å²) in [7, 11) is -4.14. The number of amides is 1. The zero-order valence-corrected chi connectivity index (χ0v) is 12.4. The molecule has 118 valence electrons. The highest BCUT2D eigenvalue weighted by Crippen LogP contribution is 2.29. The normalized spacial score (nSPS) is 12.5. The summed E-state index contributed by atoms with van der Waals surface area (Å²) in [6.07, 6.45) is -3.98. The van der Waals surface area contributed by atoms with Gasteiger partial charge in [-0.1, -0.05) is 13.8 Å². The highest BCUT2D eigenvalue weighted by atomic mass is 32.2. The summed E-state index contributed by atoms with van der Waals surface area (Å²) < 4.78 is 62.7. The second-order valence-corrected chi connectivity index (χ2v) is 6.67. The first kappa shape index (κ1) is 17.5. The third-order valence-electron chi connectivity index (χ3n) is 2.69. The summed E-state index contributed by atoms with van der Waals surface area (Å²) in [4.78, 5) is 11.1. The predicted octanol–water partition coefficient (Wildman–Crippen LogP) is 2.95. The molecule has 4 nitrogen and oxygen atoms in total. The van der Waals surface area contributed by atoms with E-state index in [0.717, 1.165) is 12.1 Å². The minimum absolute atomic E-state index is 0.0392. The molecule has 0 aliphatic rings. The zero-order chi connectivity index (χ0) is 16.3. The molecular formula is C13H16F3NO3S. The van der Waals surface area contributed by atoms with Crippen molar-refractivity contribution in [3.63, 3.8) is 0 Å². The number of rotatable bonds is 5. The molecule has 0 radical (unpaired) electrons. The van der Waals surface area contributed by atoms with E-state index >= 15 is 0 Å². The van der Waals surface area contributed by atoms with Crippen molar-refractivity contribution in [2.75, 3.05) is 0 Å². The van der Waals surface area contributed by atoms with Crippen LogP contribution in [0.4, 0.5) is 13.2 Å². The van der Waals surface area contributed by atoms with Crippen LogP contribution in [-0.2, 0) is 21.0 Å². The molecule has 1 aromatic carbocycles. The topological polar surface area (TPSA) is 63.2 Å². The number of alkyl halides is 3. The van der Waals surface area contributed by atoms with Gasteiger partial charge >= 0.3 is 6.18 Å². The molecule has 0 spiro atoms. The van der Waals surface area contributed by atoms with Crippen LogP contribution in [0.1, 0.15) is 32.3 Å². The molecule has 1 rings (SSSR count). The SMILES string of the molecule is CC(C)CCC(=O)NS(=O)(=O)c1ccc(C(F)(F)F)cc1. The van der Waals surface area contributed by atoms with E-state index in [1.807, 2.05) is 18.6 Å². The standard InChI is InChI=1S/C13H16F3NO3S/c1-9(2)3-8-12(18)17-21(19,20)11-6-4-10(5-7-11)13(14,15)16/h4-7,9H,3,8H2,1-2H3,(H,17,18). The van der Waals surface area contributed by atoms with Crippen LogP contribution in [0.3, 0.4) is 0 Å². The van der Waals surface area contributed by atoms with Crippen molar-refractivity contribution in [2.45, 2.75) is 37.8 Å². The van der Waals surface area contributed by atoms with Gasteiger partial charge in [0.1, 0.15) is 0 Å². The van der Waals surface area contributed by atoms with E-state index in [4.69, 9.17) is 0 Å². The van der Waals surface area contributed by atoms with E-state index in [9.17, 15) is 26.4 Å². The zero-order valence-electron chi connectivity index (χ0n) is 11.6. The molecule has 21 heavy (non-hydrogen) atoms. The Labute approximate surface area is 121 Å². The lowest BCUT2D eigenvalue weighted by molar-refractivity contribution is -0.137. The maximum absolute atomic E-state index is 12.4. The van der Waals surface area contributed by atoms with Gasteiger partial charge in [0.2, 0.25) is 5.91 Å². The van der Waals surface area contributed by atoms with Gasteiger partial charge in [-0.3, -0.25) is 4.79 Å².